The molecule has 0 radical (unpaired) electrons. The lowest BCUT2D eigenvalue weighted by atomic mass is 10.2. The van der Waals surface area contributed by atoms with Crippen LogP contribution < -0.4 is 0 Å². The lowest BCUT2D eigenvalue weighted by Crippen LogP contribution is -2.29. The Bertz CT molecular complexity index is 645. The number of aromatic nitrogens is 1. The molecule has 0 saturated carbocycles. The van der Waals surface area contributed by atoms with E-state index in [9.17, 15) is 4.79 Å². The van der Waals surface area contributed by atoms with Gasteiger partial charge < -0.3 is 4.90 Å². The molecule has 22 heavy (non-hydrogen) atoms. The van der Waals surface area contributed by atoms with Gasteiger partial charge in [-0.15, -0.1) is 11.8 Å². The molecule has 1 fully saturated rings. The van der Waals surface area contributed by atoms with Crippen molar-refractivity contribution in [3.8, 4) is 0 Å². The van der Waals surface area contributed by atoms with Crippen LogP contribution >= 0.6 is 11.8 Å². The maximum Gasteiger partial charge on any atom is 0.272 e. The predicted octanol–water partition coefficient (Wildman–Crippen LogP) is 3.64. The molecule has 3 nitrogen and oxygen atoms in total. The molecule has 1 amide bonds. The molecule has 3 rings (SSSR count). The number of carbonyl (C=O) groups is 1. The van der Waals surface area contributed by atoms with Crippen LogP contribution in [-0.4, -0.2) is 34.6 Å². The van der Waals surface area contributed by atoms with Crippen molar-refractivity contribution in [2.75, 3.05) is 18.8 Å². The molecular formula is C18H20N2OS. The van der Waals surface area contributed by atoms with Crippen LogP contribution in [0.3, 0.4) is 0 Å². The van der Waals surface area contributed by atoms with E-state index < -0.39 is 0 Å². The fourth-order valence-corrected chi connectivity index (χ4v) is 3.76. The molecule has 2 heterocycles. The van der Waals surface area contributed by atoms with E-state index in [1.54, 1.807) is 6.07 Å². The molecule has 1 aliphatic rings. The number of thioether (sulfide) groups is 1. The maximum atomic E-state index is 12.5. The first-order valence-electron chi connectivity index (χ1n) is 7.63. The second kappa shape index (κ2) is 6.97. The third kappa shape index (κ3) is 3.69. The SMILES string of the molecule is Cc1cccc(C(=O)N2CC[C@H](CSc3ccccc3)C2)n1. The number of aryl methyl sites for hydroxylation is 1. The standard InChI is InChI=1S/C18H20N2OS/c1-14-6-5-9-17(19-14)18(21)20-11-10-15(12-20)13-22-16-7-3-2-4-8-16/h2-9,15H,10-13H2,1H3/t15-/m0/s1. The summed E-state index contributed by atoms with van der Waals surface area (Å²) in [6.07, 6.45) is 1.08. The number of hydrogen-bond acceptors (Lipinski definition) is 3. The minimum atomic E-state index is 0.0657. The summed E-state index contributed by atoms with van der Waals surface area (Å²) in [6.45, 7) is 3.60. The molecule has 4 heteroatoms. The second-order valence-electron chi connectivity index (χ2n) is 5.69. The highest BCUT2D eigenvalue weighted by Gasteiger charge is 2.27. The minimum absolute atomic E-state index is 0.0657. The molecule has 1 aromatic heterocycles. The normalized spacial score (nSPS) is 17.7. The van der Waals surface area contributed by atoms with Gasteiger partial charge in [0.05, 0.1) is 0 Å². The summed E-state index contributed by atoms with van der Waals surface area (Å²) >= 11 is 1.88. The molecule has 1 atom stereocenters. The van der Waals surface area contributed by atoms with Crippen LogP contribution in [0.5, 0.6) is 0 Å². The number of benzene rings is 1. The van der Waals surface area contributed by atoms with Crippen LogP contribution in [0.25, 0.3) is 0 Å². The predicted molar refractivity (Wildman–Crippen MR) is 90.2 cm³/mol. The Balaban J connectivity index is 1.55. The van der Waals surface area contributed by atoms with Gasteiger partial charge in [-0.2, -0.15) is 0 Å². The maximum absolute atomic E-state index is 12.5. The zero-order chi connectivity index (χ0) is 15.4. The third-order valence-electron chi connectivity index (χ3n) is 3.91. The van der Waals surface area contributed by atoms with Crippen LogP contribution in [0.15, 0.2) is 53.4 Å². The van der Waals surface area contributed by atoms with E-state index in [1.807, 2.05) is 41.8 Å². The Morgan fingerprint density at radius 2 is 2.05 bits per heavy atom. The van der Waals surface area contributed by atoms with Gasteiger partial charge in [-0.25, -0.2) is 4.98 Å². The molecule has 1 saturated heterocycles. The monoisotopic (exact) mass is 312 g/mol. The summed E-state index contributed by atoms with van der Waals surface area (Å²) in [5.74, 6) is 1.70. The van der Waals surface area contributed by atoms with Gasteiger partial charge in [-0.1, -0.05) is 24.3 Å². The Hall–Kier alpha value is -1.81. The van der Waals surface area contributed by atoms with Crippen molar-refractivity contribution in [3.63, 3.8) is 0 Å². The summed E-state index contributed by atoms with van der Waals surface area (Å²) in [7, 11) is 0. The van der Waals surface area contributed by atoms with Gasteiger partial charge in [-0.05, 0) is 43.5 Å². The quantitative estimate of drug-likeness (QED) is 0.808. The van der Waals surface area contributed by atoms with Crippen LogP contribution in [0.2, 0.25) is 0 Å². The Kier molecular flexibility index (Phi) is 4.78. The zero-order valence-corrected chi connectivity index (χ0v) is 13.6. The van der Waals surface area contributed by atoms with E-state index in [2.05, 4.69) is 29.2 Å². The molecule has 0 bridgehead atoms. The van der Waals surface area contributed by atoms with Crippen LogP contribution in [0.1, 0.15) is 22.6 Å². The van der Waals surface area contributed by atoms with E-state index in [4.69, 9.17) is 0 Å². The van der Waals surface area contributed by atoms with E-state index in [0.29, 0.717) is 11.6 Å². The molecule has 114 valence electrons. The smallest absolute Gasteiger partial charge is 0.272 e. The summed E-state index contributed by atoms with van der Waals surface area (Å²) in [4.78, 5) is 20.1. The van der Waals surface area contributed by atoms with Crippen molar-refractivity contribution < 1.29 is 4.79 Å². The highest BCUT2D eigenvalue weighted by atomic mass is 32.2. The number of nitrogens with zero attached hydrogens (tertiary/aromatic N) is 2. The molecular weight excluding hydrogens is 292 g/mol. The number of amides is 1. The molecule has 2 aromatic rings. The molecule has 0 N–H and O–H groups in total. The average Bonchev–Trinajstić information content (AvgIpc) is 3.02. The van der Waals surface area contributed by atoms with Crippen LogP contribution in [-0.2, 0) is 0 Å². The van der Waals surface area contributed by atoms with Crippen molar-refractivity contribution in [2.24, 2.45) is 5.92 Å². The van der Waals surface area contributed by atoms with Gasteiger partial charge in [0.2, 0.25) is 0 Å². The molecule has 0 unspecified atom stereocenters. The van der Waals surface area contributed by atoms with Gasteiger partial charge in [0, 0.05) is 29.4 Å². The molecule has 1 aromatic carbocycles. The van der Waals surface area contributed by atoms with Gasteiger partial charge in [0.1, 0.15) is 5.69 Å². The summed E-state index contributed by atoms with van der Waals surface area (Å²) in [5, 5.41) is 0. The summed E-state index contributed by atoms with van der Waals surface area (Å²) < 4.78 is 0. The Morgan fingerprint density at radius 3 is 2.82 bits per heavy atom. The first-order valence-corrected chi connectivity index (χ1v) is 8.62. The fraction of sp³-hybridized carbons (Fsp3) is 0.333. The van der Waals surface area contributed by atoms with Crippen molar-refractivity contribution in [2.45, 2.75) is 18.2 Å². The number of pyridine rings is 1. The third-order valence-corrected chi connectivity index (χ3v) is 5.15. The van der Waals surface area contributed by atoms with Crippen LogP contribution in [0, 0.1) is 12.8 Å². The minimum Gasteiger partial charge on any atom is -0.337 e. The lowest BCUT2D eigenvalue weighted by Gasteiger charge is -2.16. The average molecular weight is 312 g/mol. The van der Waals surface area contributed by atoms with E-state index in [0.717, 1.165) is 31.0 Å². The van der Waals surface area contributed by atoms with Crippen LogP contribution in [0.4, 0.5) is 0 Å². The number of likely N-dealkylation sites (tertiary alicyclic amines) is 1. The fourth-order valence-electron chi connectivity index (χ4n) is 2.71. The van der Waals surface area contributed by atoms with Gasteiger partial charge >= 0.3 is 0 Å². The van der Waals surface area contributed by atoms with Crippen molar-refractivity contribution >= 4 is 17.7 Å². The van der Waals surface area contributed by atoms with E-state index in [-0.39, 0.29) is 5.91 Å². The Labute approximate surface area is 135 Å². The van der Waals surface area contributed by atoms with Gasteiger partial charge in [-0.3, -0.25) is 4.79 Å². The van der Waals surface area contributed by atoms with Crippen molar-refractivity contribution in [1.82, 2.24) is 9.88 Å². The topological polar surface area (TPSA) is 33.2 Å². The van der Waals surface area contributed by atoms with Crippen molar-refractivity contribution in [3.05, 3.63) is 59.9 Å². The summed E-state index contributed by atoms with van der Waals surface area (Å²) in [5.41, 5.74) is 1.46. The van der Waals surface area contributed by atoms with E-state index >= 15 is 0 Å². The highest BCUT2D eigenvalue weighted by Crippen LogP contribution is 2.26. The van der Waals surface area contributed by atoms with Gasteiger partial charge in [0.25, 0.3) is 5.91 Å². The zero-order valence-electron chi connectivity index (χ0n) is 12.7. The number of rotatable bonds is 4. The number of hydrogen-bond donors (Lipinski definition) is 0. The molecule has 1 aliphatic heterocycles. The molecule has 0 spiro atoms. The summed E-state index contributed by atoms with van der Waals surface area (Å²) in [6, 6.07) is 16.1. The highest BCUT2D eigenvalue weighted by molar-refractivity contribution is 7.99. The Morgan fingerprint density at radius 1 is 1.23 bits per heavy atom. The first kappa shape index (κ1) is 15.1. The second-order valence-corrected chi connectivity index (χ2v) is 6.79. The van der Waals surface area contributed by atoms with E-state index in [1.165, 1.54) is 4.90 Å². The van der Waals surface area contributed by atoms with Crippen molar-refractivity contribution in [1.29, 1.82) is 0 Å². The largest absolute Gasteiger partial charge is 0.337 e. The first-order chi connectivity index (χ1) is 10.7. The lowest BCUT2D eigenvalue weighted by molar-refractivity contribution is 0.0782. The number of carbonyl (C=O) groups excluding carboxylic acids is 1. The van der Waals surface area contributed by atoms with Gasteiger partial charge in [0.15, 0.2) is 0 Å². The molecule has 0 aliphatic carbocycles.